The van der Waals surface area contributed by atoms with Crippen LogP contribution < -0.4 is 4.90 Å². The molecule has 130 valence electrons. The molecule has 7 heteroatoms. The average Bonchev–Trinajstić information content (AvgIpc) is 2.68. The van der Waals surface area contributed by atoms with E-state index in [1.807, 2.05) is 21.9 Å². The van der Waals surface area contributed by atoms with E-state index in [4.69, 9.17) is 16.3 Å². The van der Waals surface area contributed by atoms with E-state index in [1.54, 1.807) is 12.4 Å². The van der Waals surface area contributed by atoms with Crippen molar-refractivity contribution in [1.82, 2.24) is 14.9 Å². The molecule has 6 nitrogen and oxygen atoms in total. The maximum Gasteiger partial charge on any atom is 0.253 e. The summed E-state index contributed by atoms with van der Waals surface area (Å²) in [6.45, 7) is 2.97. The van der Waals surface area contributed by atoms with Crippen molar-refractivity contribution in [2.24, 2.45) is 0 Å². The molecule has 1 aromatic carbocycles. The Labute approximate surface area is 151 Å². The molecule has 25 heavy (non-hydrogen) atoms. The molecular weight excluding hydrogens is 340 g/mol. The number of carbonyl (C=O) groups is 1. The van der Waals surface area contributed by atoms with Crippen LogP contribution in [0.4, 0.5) is 5.95 Å². The van der Waals surface area contributed by atoms with Gasteiger partial charge in [-0.25, -0.2) is 9.97 Å². The van der Waals surface area contributed by atoms with Crippen molar-refractivity contribution >= 4 is 23.5 Å². The van der Waals surface area contributed by atoms with E-state index < -0.39 is 6.10 Å². The molecule has 1 amide bonds. The Kier molecular flexibility index (Phi) is 4.55. The van der Waals surface area contributed by atoms with E-state index in [0.29, 0.717) is 37.2 Å². The van der Waals surface area contributed by atoms with Crippen molar-refractivity contribution in [2.75, 3.05) is 31.1 Å². The van der Waals surface area contributed by atoms with Gasteiger partial charge in [-0.1, -0.05) is 35.9 Å². The highest BCUT2D eigenvalue weighted by Crippen LogP contribution is 2.21. The second-order valence-electron chi connectivity index (χ2n) is 6.29. The molecule has 1 unspecified atom stereocenters. The van der Waals surface area contributed by atoms with Gasteiger partial charge in [-0.3, -0.25) is 4.79 Å². The Morgan fingerprint density at radius 2 is 1.92 bits per heavy atom. The molecule has 3 heterocycles. The number of amides is 1. The zero-order valence-electron chi connectivity index (χ0n) is 13.8. The van der Waals surface area contributed by atoms with Gasteiger partial charge in [0.1, 0.15) is 0 Å². The number of halogens is 1. The van der Waals surface area contributed by atoms with Gasteiger partial charge in [-0.2, -0.15) is 0 Å². The Bertz CT molecular complexity index is 768. The van der Waals surface area contributed by atoms with E-state index in [2.05, 4.69) is 22.1 Å². The third kappa shape index (κ3) is 3.45. The van der Waals surface area contributed by atoms with Gasteiger partial charge >= 0.3 is 0 Å². The molecule has 0 spiro atoms. The SMILES string of the molecule is O=C(C1CN(c2ncc(Cl)cn2)CCO1)N1CCc2ccccc2C1. The molecule has 0 N–H and O–H groups in total. The number of anilines is 1. The van der Waals surface area contributed by atoms with Crippen LogP contribution >= 0.6 is 11.6 Å². The number of hydrogen-bond acceptors (Lipinski definition) is 5. The maximum atomic E-state index is 12.9. The molecule has 1 atom stereocenters. The average molecular weight is 359 g/mol. The standard InChI is InChI=1S/C18H19ClN4O2/c19-15-9-20-18(21-10-15)23-7-8-25-16(12-23)17(24)22-6-5-13-3-1-2-4-14(13)11-22/h1-4,9-10,16H,5-8,11-12H2. The van der Waals surface area contributed by atoms with Crippen LogP contribution in [0.1, 0.15) is 11.1 Å². The third-order valence-electron chi connectivity index (χ3n) is 4.67. The van der Waals surface area contributed by atoms with Gasteiger partial charge < -0.3 is 14.5 Å². The molecule has 0 radical (unpaired) electrons. The van der Waals surface area contributed by atoms with E-state index in [9.17, 15) is 4.79 Å². The van der Waals surface area contributed by atoms with Crippen molar-refractivity contribution in [1.29, 1.82) is 0 Å². The van der Waals surface area contributed by atoms with Crippen molar-refractivity contribution in [3.8, 4) is 0 Å². The van der Waals surface area contributed by atoms with Gasteiger partial charge in [0, 0.05) is 19.6 Å². The molecule has 1 aromatic heterocycles. The number of morpholine rings is 1. The van der Waals surface area contributed by atoms with Crippen molar-refractivity contribution in [2.45, 2.75) is 19.1 Å². The summed E-state index contributed by atoms with van der Waals surface area (Å²) >= 11 is 5.84. The van der Waals surface area contributed by atoms with Gasteiger partial charge in [0.2, 0.25) is 5.95 Å². The van der Waals surface area contributed by atoms with E-state index >= 15 is 0 Å². The molecule has 0 aliphatic carbocycles. The van der Waals surface area contributed by atoms with Crippen LogP contribution in [0.5, 0.6) is 0 Å². The lowest BCUT2D eigenvalue weighted by Crippen LogP contribution is -2.52. The summed E-state index contributed by atoms with van der Waals surface area (Å²) in [5.74, 6) is 0.614. The third-order valence-corrected chi connectivity index (χ3v) is 4.87. The highest BCUT2D eigenvalue weighted by atomic mass is 35.5. The van der Waals surface area contributed by atoms with Crippen LogP contribution in [0.2, 0.25) is 5.02 Å². The number of carbonyl (C=O) groups excluding carboxylic acids is 1. The molecular formula is C18H19ClN4O2. The van der Waals surface area contributed by atoms with Crippen molar-refractivity contribution < 1.29 is 9.53 Å². The lowest BCUT2D eigenvalue weighted by molar-refractivity contribution is -0.145. The fourth-order valence-corrected chi connectivity index (χ4v) is 3.43. The summed E-state index contributed by atoms with van der Waals surface area (Å²) in [6, 6.07) is 8.28. The molecule has 2 aliphatic rings. The number of benzene rings is 1. The molecule has 2 aliphatic heterocycles. The molecule has 0 bridgehead atoms. The minimum atomic E-state index is -0.488. The quantitative estimate of drug-likeness (QED) is 0.821. The minimum Gasteiger partial charge on any atom is -0.365 e. The van der Waals surface area contributed by atoms with Crippen molar-refractivity contribution in [3.63, 3.8) is 0 Å². The number of nitrogens with zero attached hydrogens (tertiary/aromatic N) is 4. The van der Waals surface area contributed by atoms with E-state index in [1.165, 1.54) is 11.1 Å². The summed E-state index contributed by atoms with van der Waals surface area (Å²) < 4.78 is 5.74. The van der Waals surface area contributed by atoms with Crippen LogP contribution in [0.25, 0.3) is 0 Å². The number of aromatic nitrogens is 2. The zero-order valence-corrected chi connectivity index (χ0v) is 14.5. The fraction of sp³-hybridized carbons (Fsp3) is 0.389. The van der Waals surface area contributed by atoms with Crippen LogP contribution in [-0.4, -0.2) is 53.1 Å². The Hall–Kier alpha value is -2.18. The lowest BCUT2D eigenvalue weighted by atomic mass is 9.99. The predicted octanol–water partition coefficient (Wildman–Crippen LogP) is 1.92. The number of ether oxygens (including phenoxy) is 1. The monoisotopic (exact) mass is 358 g/mol. The Morgan fingerprint density at radius 1 is 1.16 bits per heavy atom. The Balaban J connectivity index is 1.44. The van der Waals surface area contributed by atoms with Gasteiger partial charge in [0.25, 0.3) is 5.91 Å². The molecule has 0 saturated carbocycles. The van der Waals surface area contributed by atoms with Crippen LogP contribution in [0, 0.1) is 0 Å². The normalized spacial score (nSPS) is 20.3. The summed E-state index contributed by atoms with van der Waals surface area (Å²) in [5.41, 5.74) is 2.54. The van der Waals surface area contributed by atoms with Gasteiger partial charge in [0.05, 0.1) is 30.6 Å². The van der Waals surface area contributed by atoms with Crippen LogP contribution in [-0.2, 0) is 22.5 Å². The zero-order chi connectivity index (χ0) is 17.2. The first kappa shape index (κ1) is 16.3. The highest BCUT2D eigenvalue weighted by Gasteiger charge is 2.32. The van der Waals surface area contributed by atoms with Crippen LogP contribution in [0.3, 0.4) is 0 Å². The molecule has 1 saturated heterocycles. The van der Waals surface area contributed by atoms with E-state index in [0.717, 1.165) is 13.0 Å². The largest absolute Gasteiger partial charge is 0.365 e. The number of rotatable bonds is 2. The summed E-state index contributed by atoms with van der Waals surface area (Å²) in [7, 11) is 0. The minimum absolute atomic E-state index is 0.0353. The topological polar surface area (TPSA) is 58.6 Å². The fourth-order valence-electron chi connectivity index (χ4n) is 3.34. The second kappa shape index (κ2) is 6.98. The van der Waals surface area contributed by atoms with Crippen molar-refractivity contribution in [3.05, 3.63) is 52.8 Å². The second-order valence-corrected chi connectivity index (χ2v) is 6.72. The van der Waals surface area contributed by atoms with Gasteiger partial charge in [-0.05, 0) is 17.5 Å². The lowest BCUT2D eigenvalue weighted by Gasteiger charge is -2.36. The van der Waals surface area contributed by atoms with Gasteiger partial charge in [0.15, 0.2) is 6.10 Å². The molecule has 4 rings (SSSR count). The smallest absolute Gasteiger partial charge is 0.253 e. The Morgan fingerprint density at radius 3 is 2.72 bits per heavy atom. The maximum absolute atomic E-state index is 12.9. The molecule has 2 aromatic rings. The summed E-state index contributed by atoms with van der Waals surface area (Å²) in [4.78, 5) is 25.2. The predicted molar refractivity (Wildman–Crippen MR) is 94.6 cm³/mol. The first-order valence-corrected chi connectivity index (χ1v) is 8.78. The first-order valence-electron chi connectivity index (χ1n) is 8.40. The van der Waals surface area contributed by atoms with Crippen LogP contribution in [0.15, 0.2) is 36.7 Å². The number of fused-ring (bicyclic) bond motifs is 1. The highest BCUT2D eigenvalue weighted by molar-refractivity contribution is 6.30. The van der Waals surface area contributed by atoms with E-state index in [-0.39, 0.29) is 5.91 Å². The first-order chi connectivity index (χ1) is 12.2. The number of hydrogen-bond donors (Lipinski definition) is 0. The van der Waals surface area contributed by atoms with Gasteiger partial charge in [-0.15, -0.1) is 0 Å². The summed E-state index contributed by atoms with van der Waals surface area (Å²) in [6.07, 6.45) is 3.53. The molecule has 1 fully saturated rings. The summed E-state index contributed by atoms with van der Waals surface area (Å²) in [5, 5.41) is 0.497.